The van der Waals surface area contributed by atoms with Crippen molar-refractivity contribution in [2.75, 3.05) is 32.7 Å². The van der Waals surface area contributed by atoms with Crippen LogP contribution in [0.15, 0.2) is 48.7 Å². The summed E-state index contributed by atoms with van der Waals surface area (Å²) in [4.78, 5) is 20.0. The minimum atomic E-state index is 0.104. The Hall–Kier alpha value is -2.11. The van der Waals surface area contributed by atoms with Gasteiger partial charge in [0.05, 0.1) is 0 Å². The molecular formula is C20H26N4O. The lowest BCUT2D eigenvalue weighted by atomic mass is 10.0. The number of fused-ring (bicyclic) bond motifs is 1. The molecule has 1 aromatic carbocycles. The molecule has 2 aromatic rings. The van der Waals surface area contributed by atoms with E-state index in [1.807, 2.05) is 41.4 Å². The Morgan fingerprint density at radius 1 is 1.08 bits per heavy atom. The number of nitrogens with one attached hydrogen (secondary N) is 1. The molecule has 25 heavy (non-hydrogen) atoms. The molecule has 0 saturated carbocycles. The predicted octanol–water partition coefficient (Wildman–Crippen LogP) is 2.11. The van der Waals surface area contributed by atoms with Gasteiger partial charge in [-0.05, 0) is 42.5 Å². The monoisotopic (exact) mass is 338 g/mol. The fourth-order valence-corrected chi connectivity index (χ4v) is 4.26. The van der Waals surface area contributed by atoms with E-state index in [0.29, 0.717) is 17.5 Å². The number of nitrogens with zero attached hydrogens (tertiary/aromatic N) is 2. The van der Waals surface area contributed by atoms with E-state index in [-0.39, 0.29) is 11.9 Å². The van der Waals surface area contributed by atoms with Crippen molar-refractivity contribution < 1.29 is 4.79 Å². The Labute approximate surface area is 148 Å². The molecule has 2 unspecified atom stereocenters. The maximum Gasteiger partial charge on any atom is 0.270 e. The van der Waals surface area contributed by atoms with Crippen LogP contribution < -0.4 is 5.73 Å². The summed E-state index contributed by atoms with van der Waals surface area (Å²) in [6.45, 7) is 4.96. The van der Waals surface area contributed by atoms with Crippen molar-refractivity contribution in [1.82, 2.24) is 14.8 Å². The molecule has 0 aliphatic carbocycles. The van der Waals surface area contributed by atoms with Gasteiger partial charge < -0.3 is 20.5 Å². The highest BCUT2D eigenvalue weighted by atomic mass is 16.2. The molecule has 0 spiro atoms. The lowest BCUT2D eigenvalue weighted by Gasteiger charge is -2.22. The van der Waals surface area contributed by atoms with Gasteiger partial charge in [-0.15, -0.1) is 0 Å². The van der Waals surface area contributed by atoms with E-state index in [0.717, 1.165) is 39.1 Å². The highest BCUT2D eigenvalue weighted by Crippen LogP contribution is 2.32. The molecule has 3 N–H and O–H groups in total. The number of benzene rings is 1. The van der Waals surface area contributed by atoms with E-state index >= 15 is 0 Å². The molecule has 0 radical (unpaired) electrons. The summed E-state index contributed by atoms with van der Waals surface area (Å²) in [6, 6.07) is 14.2. The first-order valence-corrected chi connectivity index (χ1v) is 9.16. The third-order valence-electron chi connectivity index (χ3n) is 5.66. The zero-order valence-corrected chi connectivity index (χ0v) is 14.5. The van der Waals surface area contributed by atoms with Crippen molar-refractivity contribution in [3.05, 3.63) is 59.9 Å². The first-order chi connectivity index (χ1) is 12.2. The number of H-pyrrole nitrogens is 1. The van der Waals surface area contributed by atoms with Crippen molar-refractivity contribution in [1.29, 1.82) is 0 Å². The van der Waals surface area contributed by atoms with Crippen molar-refractivity contribution in [3.63, 3.8) is 0 Å². The van der Waals surface area contributed by atoms with Crippen molar-refractivity contribution in [2.24, 2.45) is 17.6 Å². The molecule has 0 bridgehead atoms. The molecule has 3 heterocycles. The topological polar surface area (TPSA) is 65.4 Å². The summed E-state index contributed by atoms with van der Waals surface area (Å²) in [5.74, 6) is 1.34. The second kappa shape index (κ2) is 7.02. The summed E-state index contributed by atoms with van der Waals surface area (Å²) in [7, 11) is 0. The second-order valence-electron chi connectivity index (χ2n) is 7.38. The number of hydrogen-bond acceptors (Lipinski definition) is 3. The molecule has 2 aliphatic heterocycles. The fourth-order valence-electron chi connectivity index (χ4n) is 4.26. The number of carbonyl (C=O) groups excluding carboxylic acids is 1. The smallest absolute Gasteiger partial charge is 0.270 e. The number of hydrogen-bond donors (Lipinski definition) is 2. The average Bonchev–Trinajstić information content (AvgIpc) is 3.35. The minimum Gasteiger partial charge on any atom is -0.357 e. The van der Waals surface area contributed by atoms with Gasteiger partial charge in [0, 0.05) is 38.4 Å². The van der Waals surface area contributed by atoms with Crippen LogP contribution >= 0.6 is 0 Å². The highest BCUT2D eigenvalue weighted by molar-refractivity contribution is 5.92. The molecule has 1 amide bonds. The van der Waals surface area contributed by atoms with Gasteiger partial charge in [-0.25, -0.2) is 0 Å². The van der Waals surface area contributed by atoms with Crippen LogP contribution in [0, 0.1) is 11.8 Å². The maximum absolute atomic E-state index is 12.5. The third-order valence-corrected chi connectivity index (χ3v) is 5.66. The molecule has 2 fully saturated rings. The normalized spacial score (nSPS) is 24.4. The van der Waals surface area contributed by atoms with E-state index in [4.69, 9.17) is 5.73 Å². The van der Waals surface area contributed by atoms with Gasteiger partial charge in [0.1, 0.15) is 5.69 Å². The molecule has 2 saturated heterocycles. The van der Waals surface area contributed by atoms with Crippen LogP contribution in [0.25, 0.3) is 0 Å². The average molecular weight is 338 g/mol. The molecule has 3 atom stereocenters. The van der Waals surface area contributed by atoms with Crippen LogP contribution in [0.5, 0.6) is 0 Å². The summed E-state index contributed by atoms with van der Waals surface area (Å²) < 4.78 is 0. The maximum atomic E-state index is 12.5. The summed E-state index contributed by atoms with van der Waals surface area (Å²) >= 11 is 0. The van der Waals surface area contributed by atoms with E-state index in [9.17, 15) is 4.79 Å². The van der Waals surface area contributed by atoms with E-state index in [2.05, 4.69) is 22.0 Å². The predicted molar refractivity (Wildman–Crippen MR) is 98.1 cm³/mol. The number of aromatic amines is 1. The molecule has 5 heteroatoms. The van der Waals surface area contributed by atoms with Gasteiger partial charge in [-0.1, -0.05) is 30.3 Å². The largest absolute Gasteiger partial charge is 0.357 e. The van der Waals surface area contributed by atoms with Gasteiger partial charge in [0.2, 0.25) is 0 Å². The van der Waals surface area contributed by atoms with E-state index in [1.54, 1.807) is 0 Å². The van der Waals surface area contributed by atoms with Gasteiger partial charge in [-0.2, -0.15) is 0 Å². The van der Waals surface area contributed by atoms with E-state index < -0.39 is 0 Å². The van der Waals surface area contributed by atoms with Crippen LogP contribution in [-0.4, -0.2) is 53.4 Å². The lowest BCUT2D eigenvalue weighted by molar-refractivity contribution is 0.0769. The third kappa shape index (κ3) is 3.48. The Bertz CT molecular complexity index is 686. The lowest BCUT2D eigenvalue weighted by Crippen LogP contribution is -2.34. The highest BCUT2D eigenvalue weighted by Gasteiger charge is 2.41. The van der Waals surface area contributed by atoms with Crippen molar-refractivity contribution in [2.45, 2.75) is 12.5 Å². The van der Waals surface area contributed by atoms with Gasteiger partial charge in [0.25, 0.3) is 5.91 Å². The van der Waals surface area contributed by atoms with Crippen molar-refractivity contribution >= 4 is 5.91 Å². The second-order valence-corrected chi connectivity index (χ2v) is 7.38. The zero-order chi connectivity index (χ0) is 17.2. The molecule has 4 rings (SSSR count). The number of rotatable bonds is 5. The van der Waals surface area contributed by atoms with Crippen LogP contribution in [-0.2, 0) is 0 Å². The molecule has 2 aliphatic rings. The van der Waals surface area contributed by atoms with Crippen molar-refractivity contribution in [3.8, 4) is 0 Å². The Morgan fingerprint density at radius 3 is 2.44 bits per heavy atom. The quantitative estimate of drug-likeness (QED) is 0.877. The van der Waals surface area contributed by atoms with Crippen LogP contribution in [0.3, 0.4) is 0 Å². The Balaban J connectivity index is 1.26. The summed E-state index contributed by atoms with van der Waals surface area (Å²) in [5.41, 5.74) is 8.23. The van der Waals surface area contributed by atoms with E-state index in [1.165, 1.54) is 5.56 Å². The standard InChI is InChI=1S/C20H26N4O/c21-18(15-5-2-1-3-6-15)8-10-23-11-16-13-24(14-17(16)12-23)20(25)19-7-4-9-22-19/h1-7,9,16-18,22H,8,10-14,21H2/t16?,17?,18-/m0/s1. The SMILES string of the molecule is N[C@@H](CCN1CC2CN(C(=O)c3ccc[nH]3)CC2C1)c1ccccc1. The Morgan fingerprint density at radius 2 is 1.80 bits per heavy atom. The number of likely N-dealkylation sites (tertiary alicyclic amines) is 2. The number of amides is 1. The molecule has 132 valence electrons. The Kier molecular flexibility index (Phi) is 4.59. The molecule has 5 nitrogen and oxygen atoms in total. The van der Waals surface area contributed by atoms with Crippen LogP contribution in [0.2, 0.25) is 0 Å². The molecular weight excluding hydrogens is 312 g/mol. The number of aromatic nitrogens is 1. The summed E-state index contributed by atoms with van der Waals surface area (Å²) in [5, 5.41) is 0. The van der Waals surface area contributed by atoms with Gasteiger partial charge in [0.15, 0.2) is 0 Å². The fraction of sp³-hybridized carbons (Fsp3) is 0.450. The van der Waals surface area contributed by atoms with Crippen LogP contribution in [0.4, 0.5) is 0 Å². The van der Waals surface area contributed by atoms with Gasteiger partial charge in [-0.3, -0.25) is 4.79 Å². The first kappa shape index (κ1) is 16.4. The zero-order valence-electron chi connectivity index (χ0n) is 14.5. The molecule has 1 aromatic heterocycles. The number of carbonyl (C=O) groups is 1. The van der Waals surface area contributed by atoms with Crippen LogP contribution in [0.1, 0.15) is 28.5 Å². The first-order valence-electron chi connectivity index (χ1n) is 9.16. The van der Waals surface area contributed by atoms with Gasteiger partial charge >= 0.3 is 0 Å². The summed E-state index contributed by atoms with van der Waals surface area (Å²) in [6.07, 6.45) is 2.79. The minimum absolute atomic E-state index is 0.104. The number of nitrogens with two attached hydrogens (primary N) is 1.